The number of carbonyl (C=O) groups excluding carboxylic acids is 2. The normalized spacial score (nSPS) is 23.5. The molecule has 0 aromatic heterocycles. The lowest BCUT2D eigenvalue weighted by Crippen LogP contribution is -2.48. The molecule has 1 aliphatic rings. The Hall–Kier alpha value is -2.08. The molecule has 1 aliphatic carbocycles. The largest absolute Gasteiger partial charge is 0.484 e. The summed E-state index contributed by atoms with van der Waals surface area (Å²) in [5.41, 5.74) is 4.97. The first kappa shape index (κ1) is 18.3. The highest BCUT2D eigenvalue weighted by Crippen LogP contribution is 2.36. The first-order valence-electron chi connectivity index (χ1n) is 8.42. The molecule has 1 saturated carbocycles. The van der Waals surface area contributed by atoms with Crippen LogP contribution in [0, 0.1) is 5.92 Å². The van der Waals surface area contributed by atoms with Gasteiger partial charge in [0, 0.05) is 12.3 Å². The molecule has 0 bridgehead atoms. The average molecular weight is 334 g/mol. The van der Waals surface area contributed by atoms with E-state index < -0.39 is 11.5 Å². The van der Waals surface area contributed by atoms with Gasteiger partial charge in [0.1, 0.15) is 11.4 Å². The summed E-state index contributed by atoms with van der Waals surface area (Å²) < 4.78 is 11.1. The number of hydrogen-bond acceptors (Lipinski definition) is 4. The van der Waals surface area contributed by atoms with Gasteiger partial charge in [0.05, 0.1) is 0 Å². The standard InChI is InChI=1S/C18H26N2O4/c1-3-24-18(10-4-5-13(2)11-18)17(22)20-14-6-8-15(9-7-14)23-12-16(19)21/h6-9,13H,3-5,10-12H2,1-2H3,(H2,19,21)(H,20,22)/t13-,18+/m1/s1. The number of carbonyl (C=O) groups is 2. The van der Waals surface area contributed by atoms with Crippen molar-refractivity contribution in [1.82, 2.24) is 0 Å². The molecule has 0 radical (unpaired) electrons. The minimum atomic E-state index is -0.743. The van der Waals surface area contributed by atoms with Crippen LogP contribution in [0.2, 0.25) is 0 Å². The fraction of sp³-hybridized carbons (Fsp3) is 0.556. The van der Waals surface area contributed by atoms with Crippen molar-refractivity contribution in [2.45, 2.75) is 45.1 Å². The predicted octanol–water partition coefficient (Wildman–Crippen LogP) is 2.47. The average Bonchev–Trinajstić information content (AvgIpc) is 2.54. The first-order chi connectivity index (χ1) is 11.4. The van der Waals surface area contributed by atoms with Gasteiger partial charge in [0.25, 0.3) is 11.8 Å². The van der Waals surface area contributed by atoms with Gasteiger partial charge in [-0.05, 0) is 56.4 Å². The number of nitrogens with two attached hydrogens (primary N) is 1. The van der Waals surface area contributed by atoms with Crippen molar-refractivity contribution >= 4 is 17.5 Å². The van der Waals surface area contributed by atoms with Crippen molar-refractivity contribution in [3.05, 3.63) is 24.3 Å². The van der Waals surface area contributed by atoms with Crippen molar-refractivity contribution in [1.29, 1.82) is 0 Å². The highest BCUT2D eigenvalue weighted by atomic mass is 16.5. The van der Waals surface area contributed by atoms with Crippen LogP contribution in [0.5, 0.6) is 5.75 Å². The Labute approximate surface area is 142 Å². The first-order valence-corrected chi connectivity index (χ1v) is 8.42. The van der Waals surface area contributed by atoms with Crippen molar-refractivity contribution in [2.24, 2.45) is 11.7 Å². The van der Waals surface area contributed by atoms with Gasteiger partial charge < -0.3 is 20.5 Å². The lowest BCUT2D eigenvalue weighted by atomic mass is 9.78. The number of anilines is 1. The monoisotopic (exact) mass is 334 g/mol. The summed E-state index contributed by atoms with van der Waals surface area (Å²) >= 11 is 0. The van der Waals surface area contributed by atoms with E-state index in [0.717, 1.165) is 25.7 Å². The Morgan fingerprint density at radius 2 is 2.04 bits per heavy atom. The van der Waals surface area contributed by atoms with Gasteiger partial charge in [-0.1, -0.05) is 13.3 Å². The molecule has 0 saturated heterocycles. The van der Waals surface area contributed by atoms with Crippen molar-refractivity contribution < 1.29 is 19.1 Å². The molecule has 0 heterocycles. The molecule has 2 rings (SSSR count). The zero-order valence-electron chi connectivity index (χ0n) is 14.3. The predicted molar refractivity (Wildman–Crippen MR) is 91.8 cm³/mol. The van der Waals surface area contributed by atoms with Gasteiger partial charge in [-0.25, -0.2) is 0 Å². The maximum atomic E-state index is 12.8. The van der Waals surface area contributed by atoms with Gasteiger partial charge in [-0.2, -0.15) is 0 Å². The maximum Gasteiger partial charge on any atom is 0.256 e. The second-order valence-corrected chi connectivity index (χ2v) is 6.36. The Balaban J connectivity index is 2.02. The second-order valence-electron chi connectivity index (χ2n) is 6.36. The van der Waals surface area contributed by atoms with E-state index in [1.54, 1.807) is 24.3 Å². The van der Waals surface area contributed by atoms with E-state index >= 15 is 0 Å². The fourth-order valence-corrected chi connectivity index (χ4v) is 3.22. The lowest BCUT2D eigenvalue weighted by molar-refractivity contribution is -0.147. The minimum Gasteiger partial charge on any atom is -0.484 e. The third-order valence-corrected chi connectivity index (χ3v) is 4.28. The summed E-state index contributed by atoms with van der Waals surface area (Å²) in [5, 5.41) is 2.94. The molecule has 3 N–H and O–H groups in total. The molecular formula is C18H26N2O4. The Morgan fingerprint density at radius 3 is 2.62 bits per heavy atom. The number of ether oxygens (including phenoxy) is 2. The summed E-state index contributed by atoms with van der Waals surface area (Å²) in [6, 6.07) is 6.85. The summed E-state index contributed by atoms with van der Waals surface area (Å²) in [7, 11) is 0. The number of rotatable bonds is 7. The molecule has 2 atom stereocenters. The van der Waals surface area contributed by atoms with Gasteiger partial charge >= 0.3 is 0 Å². The highest BCUT2D eigenvalue weighted by Gasteiger charge is 2.42. The zero-order chi connectivity index (χ0) is 17.6. The van der Waals surface area contributed by atoms with Crippen molar-refractivity contribution in [3.8, 4) is 5.75 Å². The van der Waals surface area contributed by atoms with Gasteiger partial charge in [0.15, 0.2) is 6.61 Å². The van der Waals surface area contributed by atoms with E-state index in [-0.39, 0.29) is 12.5 Å². The number of nitrogens with one attached hydrogen (secondary N) is 1. The summed E-state index contributed by atoms with van der Waals surface area (Å²) in [5.74, 6) is 0.373. The molecule has 6 heteroatoms. The third-order valence-electron chi connectivity index (χ3n) is 4.28. The molecule has 0 unspecified atom stereocenters. The summed E-state index contributed by atoms with van der Waals surface area (Å²) in [4.78, 5) is 23.5. The fourth-order valence-electron chi connectivity index (χ4n) is 3.22. The van der Waals surface area contributed by atoms with E-state index in [0.29, 0.717) is 24.0 Å². The molecule has 6 nitrogen and oxygen atoms in total. The van der Waals surface area contributed by atoms with Crippen LogP contribution in [-0.2, 0) is 14.3 Å². The number of benzene rings is 1. The van der Waals surface area contributed by atoms with E-state index in [4.69, 9.17) is 15.2 Å². The molecule has 0 aliphatic heterocycles. The highest BCUT2D eigenvalue weighted by molar-refractivity contribution is 5.97. The van der Waals surface area contributed by atoms with Gasteiger partial charge in [0.2, 0.25) is 0 Å². The van der Waals surface area contributed by atoms with Crippen LogP contribution < -0.4 is 15.8 Å². The van der Waals surface area contributed by atoms with Crippen molar-refractivity contribution in [2.75, 3.05) is 18.5 Å². The quantitative estimate of drug-likeness (QED) is 0.801. The Morgan fingerprint density at radius 1 is 1.33 bits per heavy atom. The molecule has 1 aromatic rings. The summed E-state index contributed by atoms with van der Waals surface area (Å²) in [6.45, 7) is 4.42. The van der Waals surface area contributed by atoms with Gasteiger partial charge in [-0.3, -0.25) is 9.59 Å². The van der Waals surface area contributed by atoms with Gasteiger partial charge in [-0.15, -0.1) is 0 Å². The summed E-state index contributed by atoms with van der Waals surface area (Å²) in [6.07, 6.45) is 3.62. The van der Waals surface area contributed by atoms with Crippen LogP contribution in [0.1, 0.15) is 39.5 Å². The smallest absolute Gasteiger partial charge is 0.256 e. The van der Waals surface area contributed by atoms with E-state index in [1.807, 2.05) is 6.92 Å². The molecule has 132 valence electrons. The zero-order valence-corrected chi connectivity index (χ0v) is 14.3. The Bertz CT molecular complexity index is 569. The molecular weight excluding hydrogens is 308 g/mol. The van der Waals surface area contributed by atoms with E-state index in [2.05, 4.69) is 12.2 Å². The van der Waals surface area contributed by atoms with Crippen LogP contribution in [0.4, 0.5) is 5.69 Å². The lowest BCUT2D eigenvalue weighted by Gasteiger charge is -2.38. The van der Waals surface area contributed by atoms with Crippen LogP contribution >= 0.6 is 0 Å². The topological polar surface area (TPSA) is 90.7 Å². The van der Waals surface area contributed by atoms with Crippen LogP contribution in [-0.4, -0.2) is 30.6 Å². The molecule has 1 fully saturated rings. The van der Waals surface area contributed by atoms with Crippen LogP contribution in [0.15, 0.2) is 24.3 Å². The molecule has 2 amide bonds. The van der Waals surface area contributed by atoms with Crippen LogP contribution in [0.25, 0.3) is 0 Å². The minimum absolute atomic E-state index is 0.0956. The second kappa shape index (κ2) is 8.15. The Kier molecular flexibility index (Phi) is 6.20. The van der Waals surface area contributed by atoms with Crippen molar-refractivity contribution in [3.63, 3.8) is 0 Å². The SMILES string of the molecule is CCO[C@@]1(C(=O)Nc2ccc(OCC(N)=O)cc2)CCC[C@@H](C)C1. The number of primary amides is 1. The van der Waals surface area contributed by atoms with E-state index in [1.165, 1.54) is 0 Å². The third kappa shape index (κ3) is 4.71. The molecule has 24 heavy (non-hydrogen) atoms. The van der Waals surface area contributed by atoms with E-state index in [9.17, 15) is 9.59 Å². The van der Waals surface area contributed by atoms with Crippen LogP contribution in [0.3, 0.4) is 0 Å². The number of amides is 2. The molecule has 0 spiro atoms. The maximum absolute atomic E-state index is 12.8. The number of hydrogen-bond donors (Lipinski definition) is 2. The molecule has 1 aromatic carbocycles.